The number of aromatic hydroxyl groups is 1. The average molecular weight is 429 g/mol. The van der Waals surface area contributed by atoms with Gasteiger partial charge in [0.2, 0.25) is 5.88 Å². The molecular formula is C23H32N4O4. The van der Waals surface area contributed by atoms with E-state index in [-0.39, 0.29) is 11.8 Å². The topological polar surface area (TPSA) is 87.2 Å². The second-order valence-electron chi connectivity index (χ2n) is 7.63. The number of phenolic OH excluding ortho intramolecular Hbond substituents is 1. The number of benzene rings is 1. The summed E-state index contributed by atoms with van der Waals surface area (Å²) in [5.74, 6) is 0.701. The SMILES string of the molecule is CCN1CCCC1CN(Cc1ccc(O)cc1)C(=O)Nc1ccc(OCCOC)nc1. The van der Waals surface area contributed by atoms with Crippen LogP contribution in [-0.2, 0) is 11.3 Å². The smallest absolute Gasteiger partial charge is 0.322 e. The number of pyridine rings is 1. The van der Waals surface area contributed by atoms with Crippen molar-refractivity contribution in [2.24, 2.45) is 0 Å². The summed E-state index contributed by atoms with van der Waals surface area (Å²) in [5.41, 5.74) is 1.58. The molecule has 168 valence electrons. The number of aromatic nitrogens is 1. The third kappa shape index (κ3) is 6.83. The van der Waals surface area contributed by atoms with Crippen molar-refractivity contribution in [1.82, 2.24) is 14.8 Å². The highest BCUT2D eigenvalue weighted by Gasteiger charge is 2.27. The lowest BCUT2D eigenvalue weighted by atomic mass is 10.1. The molecule has 2 N–H and O–H groups in total. The van der Waals surface area contributed by atoms with E-state index in [0.717, 1.165) is 31.5 Å². The molecule has 1 atom stereocenters. The minimum atomic E-state index is -0.175. The summed E-state index contributed by atoms with van der Waals surface area (Å²) in [5, 5.41) is 12.5. The van der Waals surface area contributed by atoms with Gasteiger partial charge >= 0.3 is 6.03 Å². The quantitative estimate of drug-likeness (QED) is 0.565. The highest BCUT2D eigenvalue weighted by atomic mass is 16.5. The molecule has 1 aliphatic rings. The molecule has 0 aliphatic carbocycles. The minimum Gasteiger partial charge on any atom is -0.508 e. The predicted molar refractivity (Wildman–Crippen MR) is 119 cm³/mol. The number of urea groups is 1. The van der Waals surface area contributed by atoms with Gasteiger partial charge in [0, 0.05) is 32.3 Å². The summed E-state index contributed by atoms with van der Waals surface area (Å²) >= 11 is 0. The zero-order valence-electron chi connectivity index (χ0n) is 18.3. The molecule has 0 spiro atoms. The van der Waals surface area contributed by atoms with Crippen molar-refractivity contribution in [3.05, 3.63) is 48.2 Å². The highest BCUT2D eigenvalue weighted by molar-refractivity contribution is 5.89. The molecule has 2 heterocycles. The Bertz CT molecular complexity index is 813. The Morgan fingerprint density at radius 3 is 2.74 bits per heavy atom. The molecule has 8 heteroatoms. The number of amides is 2. The van der Waals surface area contributed by atoms with Crippen molar-refractivity contribution in [3.63, 3.8) is 0 Å². The molecule has 3 rings (SSSR count). The average Bonchev–Trinajstić information content (AvgIpc) is 3.23. The fourth-order valence-corrected chi connectivity index (χ4v) is 3.79. The number of hydrogen-bond donors (Lipinski definition) is 2. The monoisotopic (exact) mass is 428 g/mol. The number of carbonyl (C=O) groups is 1. The van der Waals surface area contributed by atoms with Crippen LogP contribution in [0.15, 0.2) is 42.6 Å². The molecule has 1 unspecified atom stereocenters. The van der Waals surface area contributed by atoms with Gasteiger partial charge in [0.25, 0.3) is 0 Å². The van der Waals surface area contributed by atoms with Crippen molar-refractivity contribution >= 4 is 11.7 Å². The lowest BCUT2D eigenvalue weighted by Gasteiger charge is -2.30. The molecule has 0 saturated carbocycles. The largest absolute Gasteiger partial charge is 0.508 e. The lowest BCUT2D eigenvalue weighted by molar-refractivity contribution is 0.144. The molecule has 2 amide bonds. The van der Waals surface area contributed by atoms with Crippen LogP contribution in [0.5, 0.6) is 11.6 Å². The van der Waals surface area contributed by atoms with Gasteiger partial charge in [-0.15, -0.1) is 0 Å². The normalized spacial score (nSPS) is 16.3. The van der Waals surface area contributed by atoms with Gasteiger partial charge < -0.3 is 24.8 Å². The van der Waals surface area contributed by atoms with Gasteiger partial charge in [-0.05, 0) is 49.7 Å². The molecule has 1 aromatic carbocycles. The molecule has 0 radical (unpaired) electrons. The number of carbonyl (C=O) groups excluding carboxylic acids is 1. The van der Waals surface area contributed by atoms with E-state index in [4.69, 9.17) is 9.47 Å². The molecule has 0 bridgehead atoms. The second kappa shape index (κ2) is 11.5. The van der Waals surface area contributed by atoms with E-state index in [9.17, 15) is 9.90 Å². The van der Waals surface area contributed by atoms with Gasteiger partial charge in [0.1, 0.15) is 12.4 Å². The maximum Gasteiger partial charge on any atom is 0.322 e. The molecule has 1 saturated heterocycles. The molecule has 1 aromatic heterocycles. The number of nitrogens with one attached hydrogen (secondary N) is 1. The number of nitrogens with zero attached hydrogens (tertiary/aromatic N) is 3. The number of rotatable bonds is 10. The maximum atomic E-state index is 13.1. The number of phenols is 1. The van der Waals surface area contributed by atoms with Crippen LogP contribution in [0.2, 0.25) is 0 Å². The first-order valence-corrected chi connectivity index (χ1v) is 10.7. The number of ether oxygens (including phenoxy) is 2. The van der Waals surface area contributed by atoms with Crippen LogP contribution in [-0.4, -0.2) is 71.9 Å². The maximum absolute atomic E-state index is 13.1. The van der Waals surface area contributed by atoms with Gasteiger partial charge in [-0.1, -0.05) is 19.1 Å². The van der Waals surface area contributed by atoms with Crippen LogP contribution in [0.1, 0.15) is 25.3 Å². The number of likely N-dealkylation sites (N-methyl/N-ethyl adjacent to an activating group) is 1. The summed E-state index contributed by atoms with van der Waals surface area (Å²) in [4.78, 5) is 21.6. The second-order valence-corrected chi connectivity index (χ2v) is 7.63. The number of hydrogen-bond acceptors (Lipinski definition) is 6. The Kier molecular flexibility index (Phi) is 8.49. The standard InChI is InChI=1S/C23H32N4O4/c1-3-26-12-4-5-20(26)17-27(16-18-6-9-21(28)10-7-18)23(29)25-19-8-11-22(24-15-19)31-14-13-30-2/h6-11,15,20,28H,3-5,12-14,16-17H2,1-2H3,(H,25,29). The van der Waals surface area contributed by atoms with Gasteiger partial charge in [0.15, 0.2) is 0 Å². The predicted octanol–water partition coefficient (Wildman–Crippen LogP) is 3.33. The van der Waals surface area contributed by atoms with Crippen molar-refractivity contribution in [1.29, 1.82) is 0 Å². The zero-order valence-corrected chi connectivity index (χ0v) is 18.3. The molecule has 2 aromatic rings. The lowest BCUT2D eigenvalue weighted by Crippen LogP contribution is -2.44. The van der Waals surface area contributed by atoms with E-state index in [1.54, 1.807) is 37.6 Å². The Labute approximate surface area is 183 Å². The number of likely N-dealkylation sites (tertiary alicyclic amines) is 1. The van der Waals surface area contributed by atoms with Crippen LogP contribution < -0.4 is 10.1 Å². The Hall–Kier alpha value is -2.84. The fourth-order valence-electron chi connectivity index (χ4n) is 3.79. The first kappa shape index (κ1) is 22.8. The molecule has 1 aliphatic heterocycles. The van der Waals surface area contributed by atoms with Crippen molar-refractivity contribution in [3.8, 4) is 11.6 Å². The van der Waals surface area contributed by atoms with Crippen LogP contribution in [0.4, 0.5) is 10.5 Å². The first-order chi connectivity index (χ1) is 15.1. The van der Waals surface area contributed by atoms with E-state index >= 15 is 0 Å². The van der Waals surface area contributed by atoms with Crippen molar-refractivity contribution in [2.75, 3.05) is 45.3 Å². The van der Waals surface area contributed by atoms with E-state index < -0.39 is 0 Å². The Balaban J connectivity index is 1.66. The van der Waals surface area contributed by atoms with Gasteiger partial charge in [-0.3, -0.25) is 4.90 Å². The van der Waals surface area contributed by atoms with Gasteiger partial charge in [0.05, 0.1) is 18.5 Å². The van der Waals surface area contributed by atoms with E-state index in [1.807, 2.05) is 17.0 Å². The van der Waals surface area contributed by atoms with Crippen molar-refractivity contribution < 1.29 is 19.4 Å². The third-order valence-electron chi connectivity index (χ3n) is 5.46. The Morgan fingerprint density at radius 2 is 2.06 bits per heavy atom. The molecule has 31 heavy (non-hydrogen) atoms. The summed E-state index contributed by atoms with van der Waals surface area (Å²) in [7, 11) is 1.62. The molecule has 8 nitrogen and oxygen atoms in total. The summed E-state index contributed by atoms with van der Waals surface area (Å²) in [6, 6.07) is 10.7. The third-order valence-corrected chi connectivity index (χ3v) is 5.46. The zero-order chi connectivity index (χ0) is 22.1. The summed E-state index contributed by atoms with van der Waals surface area (Å²) in [6.45, 7) is 6.23. The van der Waals surface area contributed by atoms with Gasteiger partial charge in [-0.2, -0.15) is 0 Å². The van der Waals surface area contributed by atoms with E-state index in [0.29, 0.717) is 43.9 Å². The Morgan fingerprint density at radius 1 is 1.26 bits per heavy atom. The number of anilines is 1. The number of methoxy groups -OCH3 is 1. The first-order valence-electron chi connectivity index (χ1n) is 10.7. The minimum absolute atomic E-state index is 0.175. The van der Waals surface area contributed by atoms with Crippen LogP contribution >= 0.6 is 0 Å². The molecule has 1 fully saturated rings. The van der Waals surface area contributed by atoms with Gasteiger partial charge in [-0.25, -0.2) is 9.78 Å². The summed E-state index contributed by atoms with van der Waals surface area (Å²) in [6.07, 6.45) is 3.83. The highest BCUT2D eigenvalue weighted by Crippen LogP contribution is 2.20. The fraction of sp³-hybridized carbons (Fsp3) is 0.478. The van der Waals surface area contributed by atoms with E-state index in [2.05, 4.69) is 22.1 Å². The van der Waals surface area contributed by atoms with Crippen molar-refractivity contribution in [2.45, 2.75) is 32.4 Å². The van der Waals surface area contributed by atoms with E-state index in [1.165, 1.54) is 0 Å². The van der Waals surface area contributed by atoms with Crippen LogP contribution in [0.3, 0.4) is 0 Å². The van der Waals surface area contributed by atoms with Crippen LogP contribution in [0.25, 0.3) is 0 Å². The van der Waals surface area contributed by atoms with Crippen LogP contribution in [0, 0.1) is 0 Å². The summed E-state index contributed by atoms with van der Waals surface area (Å²) < 4.78 is 10.4. The molecular weight excluding hydrogens is 396 g/mol.